The lowest BCUT2D eigenvalue weighted by Gasteiger charge is -2.22. The quantitative estimate of drug-likeness (QED) is 0.474. The van der Waals surface area contributed by atoms with Crippen molar-refractivity contribution in [3.63, 3.8) is 0 Å². The number of hydrogen-bond acceptors (Lipinski definition) is 3. The van der Waals surface area contributed by atoms with E-state index in [1.807, 2.05) is 38.2 Å². The highest BCUT2D eigenvalue weighted by Gasteiger charge is 2.33. The number of carbonyl (C=O) groups is 2. The van der Waals surface area contributed by atoms with Crippen LogP contribution in [0, 0.1) is 11.8 Å². The average molecular weight is 230 g/mol. The van der Waals surface area contributed by atoms with Gasteiger partial charge < -0.3 is 4.74 Å². The van der Waals surface area contributed by atoms with Crippen molar-refractivity contribution in [3.05, 3.63) is 47.6 Å². The first-order valence-corrected chi connectivity index (χ1v) is 5.63. The minimum Gasteiger partial charge on any atom is -0.386 e. The summed E-state index contributed by atoms with van der Waals surface area (Å²) >= 11 is 0. The predicted octanol–water partition coefficient (Wildman–Crippen LogP) is 2.32. The van der Waals surface area contributed by atoms with E-state index in [0.29, 0.717) is 11.1 Å². The Bertz CT molecular complexity index is 436. The molecule has 0 saturated carbocycles. The van der Waals surface area contributed by atoms with E-state index in [9.17, 15) is 9.59 Å². The summed E-state index contributed by atoms with van der Waals surface area (Å²) in [6.45, 7) is 3.87. The number of rotatable bonds is 0. The van der Waals surface area contributed by atoms with Gasteiger partial charge in [0.15, 0.2) is 0 Å². The smallest absolute Gasteiger partial charge is 0.342 e. The Morgan fingerprint density at radius 2 is 1.41 bits per heavy atom. The lowest BCUT2D eigenvalue weighted by atomic mass is 9.89. The zero-order valence-electron chi connectivity index (χ0n) is 9.84. The molecule has 0 N–H and O–H groups in total. The van der Waals surface area contributed by atoms with Crippen LogP contribution in [0.4, 0.5) is 0 Å². The number of allylic oxidation sites excluding steroid dienone is 6. The van der Waals surface area contributed by atoms with Gasteiger partial charge in [0.2, 0.25) is 0 Å². The molecule has 1 aliphatic heterocycles. The van der Waals surface area contributed by atoms with Crippen molar-refractivity contribution < 1.29 is 14.3 Å². The summed E-state index contributed by atoms with van der Waals surface area (Å²) in [6.07, 6.45) is 11.1. The second kappa shape index (κ2) is 4.53. The molecule has 88 valence electrons. The van der Waals surface area contributed by atoms with Crippen LogP contribution in [0.3, 0.4) is 0 Å². The number of carbonyl (C=O) groups excluding carboxylic acids is 2. The molecule has 0 radical (unpaired) electrons. The molecule has 1 aliphatic carbocycles. The maximum absolute atomic E-state index is 11.6. The number of cyclic esters (lactones) is 2. The molecule has 0 aromatic heterocycles. The fourth-order valence-electron chi connectivity index (χ4n) is 1.88. The van der Waals surface area contributed by atoms with Crippen LogP contribution in [0.25, 0.3) is 0 Å². The van der Waals surface area contributed by atoms with E-state index in [1.54, 1.807) is 12.2 Å². The summed E-state index contributed by atoms with van der Waals surface area (Å²) in [5.41, 5.74) is 1.05. The van der Waals surface area contributed by atoms with Crippen LogP contribution >= 0.6 is 0 Å². The molecule has 1 fully saturated rings. The van der Waals surface area contributed by atoms with Crippen LogP contribution in [0.5, 0.6) is 0 Å². The zero-order chi connectivity index (χ0) is 12.4. The minimum atomic E-state index is -0.540. The normalized spacial score (nSPS) is 36.4. The van der Waals surface area contributed by atoms with Crippen molar-refractivity contribution in [1.82, 2.24) is 0 Å². The van der Waals surface area contributed by atoms with Gasteiger partial charge in [0, 0.05) is 17.1 Å². The van der Waals surface area contributed by atoms with Gasteiger partial charge in [-0.3, -0.25) is 0 Å². The maximum Gasteiger partial charge on any atom is 0.342 e. The molecule has 17 heavy (non-hydrogen) atoms. The Morgan fingerprint density at radius 1 is 0.941 bits per heavy atom. The molecule has 3 heteroatoms. The summed E-state index contributed by atoms with van der Waals surface area (Å²) in [7, 11) is 0. The number of esters is 2. The topological polar surface area (TPSA) is 43.4 Å². The van der Waals surface area contributed by atoms with Crippen molar-refractivity contribution in [3.8, 4) is 0 Å². The van der Waals surface area contributed by atoms with Crippen molar-refractivity contribution in [2.24, 2.45) is 11.8 Å². The molecule has 1 heterocycles. The van der Waals surface area contributed by atoms with Gasteiger partial charge in [0.1, 0.15) is 0 Å². The molecule has 0 aromatic carbocycles. The standard InChI is InChI=1S/C14H14O3/c1-9-5-3-7-11-10(2)12(8-4-6-9)14(16)17-13(11)15/h3-10H,1-2H3/b5-3-,6-4?,11-7+,12-8+. The molecular formula is C14H14O3. The van der Waals surface area contributed by atoms with Crippen molar-refractivity contribution in [1.29, 1.82) is 0 Å². The average Bonchev–Trinajstić information content (AvgIpc) is 2.26. The van der Waals surface area contributed by atoms with Gasteiger partial charge in [-0.2, -0.15) is 0 Å². The first kappa shape index (κ1) is 11.6. The Balaban J connectivity index is 2.49. The van der Waals surface area contributed by atoms with Crippen LogP contribution in [0.2, 0.25) is 0 Å². The van der Waals surface area contributed by atoms with E-state index < -0.39 is 11.9 Å². The lowest BCUT2D eigenvalue weighted by Crippen LogP contribution is -2.29. The predicted molar refractivity (Wildman–Crippen MR) is 63.9 cm³/mol. The fourth-order valence-corrected chi connectivity index (χ4v) is 1.88. The summed E-state index contributed by atoms with van der Waals surface area (Å²) in [4.78, 5) is 23.2. The summed E-state index contributed by atoms with van der Waals surface area (Å²) in [5.74, 6) is -1.03. The third kappa shape index (κ3) is 2.28. The van der Waals surface area contributed by atoms with Gasteiger partial charge in [-0.15, -0.1) is 0 Å². The van der Waals surface area contributed by atoms with E-state index >= 15 is 0 Å². The maximum atomic E-state index is 11.6. The van der Waals surface area contributed by atoms with E-state index in [2.05, 4.69) is 0 Å². The van der Waals surface area contributed by atoms with E-state index in [4.69, 9.17) is 4.74 Å². The molecule has 2 bridgehead atoms. The van der Waals surface area contributed by atoms with Gasteiger partial charge in [-0.05, 0) is 5.92 Å². The van der Waals surface area contributed by atoms with E-state index in [0.717, 1.165) is 0 Å². The molecule has 2 rings (SSSR count). The highest BCUT2D eigenvalue weighted by atomic mass is 16.6. The molecule has 0 aromatic rings. The van der Waals surface area contributed by atoms with Crippen molar-refractivity contribution >= 4 is 11.9 Å². The number of ether oxygens (including phenoxy) is 1. The SMILES string of the molecule is CC1C=C/C=C2/C(=O)OC(=O)/C(=C/C=C\1)C2C. The second-order valence-electron chi connectivity index (χ2n) is 4.27. The first-order valence-electron chi connectivity index (χ1n) is 5.63. The van der Waals surface area contributed by atoms with Gasteiger partial charge in [-0.25, -0.2) is 9.59 Å². The fraction of sp³-hybridized carbons (Fsp3) is 0.286. The van der Waals surface area contributed by atoms with Gasteiger partial charge in [0.05, 0.1) is 0 Å². The largest absolute Gasteiger partial charge is 0.386 e. The third-order valence-electron chi connectivity index (χ3n) is 2.97. The number of fused-ring (bicyclic) bond motifs is 2. The van der Waals surface area contributed by atoms with Crippen LogP contribution < -0.4 is 0 Å². The lowest BCUT2D eigenvalue weighted by molar-refractivity contribution is -0.156. The highest BCUT2D eigenvalue weighted by molar-refractivity contribution is 6.07. The molecular weight excluding hydrogens is 216 g/mol. The second-order valence-corrected chi connectivity index (χ2v) is 4.27. The van der Waals surface area contributed by atoms with Crippen LogP contribution in [-0.4, -0.2) is 11.9 Å². The third-order valence-corrected chi connectivity index (χ3v) is 2.97. The molecule has 2 aliphatic rings. The van der Waals surface area contributed by atoms with Crippen molar-refractivity contribution in [2.75, 3.05) is 0 Å². The van der Waals surface area contributed by atoms with E-state index in [-0.39, 0.29) is 11.8 Å². The zero-order valence-corrected chi connectivity index (χ0v) is 9.84. The molecule has 3 nitrogen and oxygen atoms in total. The summed E-state index contributed by atoms with van der Waals surface area (Å²) < 4.78 is 4.70. The molecule has 1 saturated heterocycles. The van der Waals surface area contributed by atoms with Crippen molar-refractivity contribution in [2.45, 2.75) is 13.8 Å². The Morgan fingerprint density at radius 3 is 1.88 bits per heavy atom. The highest BCUT2D eigenvalue weighted by Crippen LogP contribution is 2.28. The molecule has 0 amide bonds. The molecule has 2 atom stereocenters. The van der Waals surface area contributed by atoms with Crippen LogP contribution in [-0.2, 0) is 14.3 Å². The van der Waals surface area contributed by atoms with Crippen LogP contribution in [0.1, 0.15) is 13.8 Å². The van der Waals surface area contributed by atoms with E-state index in [1.165, 1.54) is 0 Å². The van der Waals surface area contributed by atoms with Crippen LogP contribution in [0.15, 0.2) is 47.6 Å². The summed E-state index contributed by atoms with van der Waals surface area (Å²) in [5, 5.41) is 0. The Hall–Kier alpha value is -1.90. The van der Waals surface area contributed by atoms with Gasteiger partial charge in [-0.1, -0.05) is 50.3 Å². The molecule has 2 unspecified atom stereocenters. The Kier molecular flexibility index (Phi) is 3.09. The Labute approximate surface area is 100 Å². The summed E-state index contributed by atoms with van der Waals surface area (Å²) in [6, 6.07) is 0. The minimum absolute atomic E-state index is 0.216. The molecule has 0 spiro atoms. The van der Waals surface area contributed by atoms with Gasteiger partial charge >= 0.3 is 11.9 Å². The number of hydrogen-bond donors (Lipinski definition) is 0. The van der Waals surface area contributed by atoms with Gasteiger partial charge in [0.25, 0.3) is 0 Å². The monoisotopic (exact) mass is 230 g/mol. The first-order chi connectivity index (χ1) is 8.09.